The van der Waals surface area contributed by atoms with Gasteiger partial charge in [-0.25, -0.2) is 4.79 Å². The molecule has 0 aromatic heterocycles. The standard InChI is InChI=1S/C19H30N4O10/c1-9(24)15(18(31)22-12(19(32)33)5-7-14(27)28)23-17(30)11(4-6-13(25)26)21-16(29)10-3-2-8-20-10/h9-12,15,20,24H,2-8H2,1H3,(H,21,29)(H,22,31)(H,23,30)(H,25,26)(H,27,28)(H,32,33). The Bertz CT molecular complexity index is 751. The smallest absolute Gasteiger partial charge is 0.326 e. The number of aliphatic hydroxyl groups is 1. The number of carbonyl (C=O) groups is 6. The van der Waals surface area contributed by atoms with Gasteiger partial charge in [-0.2, -0.15) is 0 Å². The maximum Gasteiger partial charge on any atom is 0.326 e. The van der Waals surface area contributed by atoms with Gasteiger partial charge in [-0.3, -0.25) is 24.0 Å². The van der Waals surface area contributed by atoms with Crippen LogP contribution in [0.1, 0.15) is 45.4 Å². The maximum atomic E-state index is 12.7. The fourth-order valence-corrected chi connectivity index (χ4v) is 3.16. The third kappa shape index (κ3) is 9.82. The second kappa shape index (κ2) is 13.3. The summed E-state index contributed by atoms with van der Waals surface area (Å²) in [7, 11) is 0. The zero-order valence-electron chi connectivity index (χ0n) is 18.1. The van der Waals surface area contributed by atoms with Gasteiger partial charge in [-0.1, -0.05) is 0 Å². The Balaban J connectivity index is 2.89. The zero-order valence-corrected chi connectivity index (χ0v) is 18.1. The minimum atomic E-state index is -1.64. The number of aliphatic hydroxyl groups excluding tert-OH is 1. The highest BCUT2D eigenvalue weighted by Gasteiger charge is 2.33. The van der Waals surface area contributed by atoms with Gasteiger partial charge in [0.05, 0.1) is 12.1 Å². The molecule has 5 unspecified atom stereocenters. The van der Waals surface area contributed by atoms with Crippen LogP contribution < -0.4 is 21.3 Å². The van der Waals surface area contributed by atoms with Crippen molar-refractivity contribution in [3.63, 3.8) is 0 Å². The number of amides is 3. The molecule has 1 heterocycles. The highest BCUT2D eigenvalue weighted by Crippen LogP contribution is 2.08. The zero-order chi connectivity index (χ0) is 25.1. The van der Waals surface area contributed by atoms with Gasteiger partial charge in [0.1, 0.15) is 18.1 Å². The van der Waals surface area contributed by atoms with Gasteiger partial charge in [0.25, 0.3) is 0 Å². The lowest BCUT2D eigenvalue weighted by Crippen LogP contribution is -2.59. The molecule has 0 aromatic rings. The predicted octanol–water partition coefficient (Wildman–Crippen LogP) is -2.61. The molecule has 1 aliphatic rings. The van der Waals surface area contributed by atoms with Crippen LogP contribution in [0.2, 0.25) is 0 Å². The van der Waals surface area contributed by atoms with Crippen molar-refractivity contribution in [2.75, 3.05) is 6.54 Å². The minimum absolute atomic E-state index is 0.288. The third-order valence-corrected chi connectivity index (χ3v) is 4.98. The molecule has 3 amide bonds. The van der Waals surface area contributed by atoms with Crippen molar-refractivity contribution in [2.24, 2.45) is 0 Å². The number of carboxylic acids is 3. The summed E-state index contributed by atoms with van der Waals surface area (Å²) in [6.07, 6.45) is -1.92. The SMILES string of the molecule is CC(O)C(NC(=O)C(CCC(=O)O)NC(=O)C1CCCN1)C(=O)NC(CCC(=O)O)C(=O)O. The molecule has 14 nitrogen and oxygen atoms in total. The van der Waals surface area contributed by atoms with Crippen molar-refractivity contribution in [1.82, 2.24) is 21.3 Å². The minimum Gasteiger partial charge on any atom is -0.481 e. The Hall–Kier alpha value is -3.26. The average molecular weight is 474 g/mol. The van der Waals surface area contributed by atoms with Gasteiger partial charge in [0, 0.05) is 12.8 Å². The van der Waals surface area contributed by atoms with E-state index in [-0.39, 0.29) is 6.42 Å². The quantitative estimate of drug-likeness (QED) is 0.130. The molecular weight excluding hydrogens is 444 g/mol. The average Bonchev–Trinajstić information content (AvgIpc) is 3.26. The van der Waals surface area contributed by atoms with Crippen molar-refractivity contribution in [1.29, 1.82) is 0 Å². The first kappa shape index (κ1) is 27.8. The fraction of sp³-hybridized carbons (Fsp3) is 0.684. The lowest BCUT2D eigenvalue weighted by Gasteiger charge is -2.26. The summed E-state index contributed by atoms with van der Waals surface area (Å²) in [5, 5.41) is 46.4. The highest BCUT2D eigenvalue weighted by molar-refractivity contribution is 5.94. The molecule has 1 fully saturated rings. The molecule has 0 saturated carbocycles. The van der Waals surface area contributed by atoms with Crippen LogP contribution in [-0.4, -0.2) is 92.9 Å². The molecule has 33 heavy (non-hydrogen) atoms. The Labute approximate surface area is 189 Å². The van der Waals surface area contributed by atoms with Gasteiger partial charge >= 0.3 is 17.9 Å². The maximum absolute atomic E-state index is 12.7. The first-order chi connectivity index (χ1) is 15.4. The number of nitrogens with one attached hydrogen (secondary N) is 4. The number of rotatable bonds is 14. The lowest BCUT2D eigenvalue weighted by atomic mass is 10.1. The van der Waals surface area contributed by atoms with E-state index < -0.39 is 85.2 Å². The third-order valence-electron chi connectivity index (χ3n) is 4.98. The molecule has 14 heteroatoms. The van der Waals surface area contributed by atoms with Crippen LogP contribution in [0, 0.1) is 0 Å². The Morgan fingerprint density at radius 3 is 1.91 bits per heavy atom. The van der Waals surface area contributed by atoms with Gasteiger partial charge in [0.15, 0.2) is 0 Å². The molecule has 0 aliphatic carbocycles. The van der Waals surface area contributed by atoms with Crippen LogP contribution in [-0.2, 0) is 28.8 Å². The number of hydrogen-bond acceptors (Lipinski definition) is 8. The van der Waals surface area contributed by atoms with Crippen LogP contribution in [0.15, 0.2) is 0 Å². The van der Waals surface area contributed by atoms with Crippen LogP contribution in [0.4, 0.5) is 0 Å². The summed E-state index contributed by atoms with van der Waals surface area (Å²) in [5.41, 5.74) is 0. The molecule has 1 saturated heterocycles. The van der Waals surface area contributed by atoms with E-state index in [4.69, 9.17) is 10.2 Å². The molecule has 186 valence electrons. The van der Waals surface area contributed by atoms with E-state index in [0.717, 1.165) is 13.3 Å². The molecule has 1 aliphatic heterocycles. The van der Waals surface area contributed by atoms with Crippen molar-refractivity contribution in [3.8, 4) is 0 Å². The van der Waals surface area contributed by atoms with Crippen molar-refractivity contribution in [3.05, 3.63) is 0 Å². The van der Waals surface area contributed by atoms with Gasteiger partial charge in [-0.15, -0.1) is 0 Å². The monoisotopic (exact) mass is 474 g/mol. The van der Waals surface area contributed by atoms with E-state index in [0.29, 0.717) is 13.0 Å². The number of hydrogen-bond donors (Lipinski definition) is 8. The van der Waals surface area contributed by atoms with Gasteiger partial charge in [0.2, 0.25) is 17.7 Å². The van der Waals surface area contributed by atoms with E-state index in [9.17, 15) is 39.0 Å². The highest BCUT2D eigenvalue weighted by atomic mass is 16.4. The molecular formula is C19H30N4O10. The van der Waals surface area contributed by atoms with Gasteiger partial charge < -0.3 is 41.7 Å². The Kier molecular flexibility index (Phi) is 11.2. The summed E-state index contributed by atoms with van der Waals surface area (Å²) >= 11 is 0. The number of carbonyl (C=O) groups excluding carboxylic acids is 3. The number of carboxylic acid groups (broad SMARTS) is 3. The van der Waals surface area contributed by atoms with Crippen LogP contribution in [0.5, 0.6) is 0 Å². The normalized spacial score (nSPS) is 18.9. The van der Waals surface area contributed by atoms with Crippen LogP contribution >= 0.6 is 0 Å². The molecule has 0 spiro atoms. The molecule has 0 bridgehead atoms. The molecule has 1 rings (SSSR count). The summed E-state index contributed by atoms with van der Waals surface area (Å²) in [5.74, 6) is -6.54. The summed E-state index contributed by atoms with van der Waals surface area (Å²) in [6, 6.07) is -5.10. The molecule has 0 aromatic carbocycles. The fourth-order valence-electron chi connectivity index (χ4n) is 3.16. The summed E-state index contributed by atoms with van der Waals surface area (Å²) in [6.45, 7) is 1.77. The second-order valence-electron chi connectivity index (χ2n) is 7.70. The van der Waals surface area contributed by atoms with E-state index in [2.05, 4.69) is 21.3 Å². The molecule has 0 radical (unpaired) electrons. The Morgan fingerprint density at radius 1 is 0.879 bits per heavy atom. The lowest BCUT2D eigenvalue weighted by molar-refractivity contribution is -0.144. The second-order valence-corrected chi connectivity index (χ2v) is 7.70. The topological polar surface area (TPSA) is 231 Å². The first-order valence-corrected chi connectivity index (χ1v) is 10.4. The van der Waals surface area contributed by atoms with E-state index >= 15 is 0 Å². The van der Waals surface area contributed by atoms with Crippen LogP contribution in [0.3, 0.4) is 0 Å². The van der Waals surface area contributed by atoms with Crippen molar-refractivity contribution in [2.45, 2.75) is 75.7 Å². The number of aliphatic carboxylic acids is 3. The molecule has 5 atom stereocenters. The van der Waals surface area contributed by atoms with Gasteiger partial charge in [-0.05, 0) is 39.2 Å². The van der Waals surface area contributed by atoms with Crippen LogP contribution in [0.25, 0.3) is 0 Å². The van der Waals surface area contributed by atoms with E-state index in [1.807, 2.05) is 0 Å². The summed E-state index contributed by atoms with van der Waals surface area (Å²) < 4.78 is 0. The largest absolute Gasteiger partial charge is 0.481 e. The first-order valence-electron chi connectivity index (χ1n) is 10.4. The van der Waals surface area contributed by atoms with E-state index in [1.165, 1.54) is 0 Å². The van der Waals surface area contributed by atoms with Crippen molar-refractivity contribution < 1.29 is 49.2 Å². The summed E-state index contributed by atoms with van der Waals surface area (Å²) in [4.78, 5) is 70.5. The Morgan fingerprint density at radius 2 is 1.45 bits per heavy atom. The predicted molar refractivity (Wildman–Crippen MR) is 110 cm³/mol. The molecule has 8 N–H and O–H groups in total. The van der Waals surface area contributed by atoms with Crippen molar-refractivity contribution >= 4 is 35.6 Å². The van der Waals surface area contributed by atoms with E-state index in [1.54, 1.807) is 0 Å².